The molecule has 2 nitrogen and oxygen atoms in total. The first kappa shape index (κ1) is 9.38. The van der Waals surface area contributed by atoms with Crippen molar-refractivity contribution >= 4 is 32.8 Å². The summed E-state index contributed by atoms with van der Waals surface area (Å²) in [5.74, 6) is 0. The van der Waals surface area contributed by atoms with Crippen LogP contribution in [0.3, 0.4) is 0 Å². The SMILES string of the molecule is [2H]C([2H])([2H])c1cc2nc(-c3ccccc3)c3oc4ccccc4c3c2cc1C([2H])([2H])[2H]. The molecule has 0 atom stereocenters. The topological polar surface area (TPSA) is 26.0 Å². The molecule has 0 bridgehead atoms. The van der Waals surface area contributed by atoms with Crippen LogP contribution in [0, 0.1) is 13.7 Å². The second-order valence-corrected chi connectivity index (χ2v) is 6.04. The van der Waals surface area contributed by atoms with Gasteiger partial charge in [-0.1, -0.05) is 48.5 Å². The fraction of sp³-hybridized carbons (Fsp3) is 0.0870. The van der Waals surface area contributed by atoms with Crippen LogP contribution >= 0.6 is 0 Å². The standard InChI is InChI=1S/C23H17NO/c1-14-12-18-19(13-15(14)2)24-22(16-8-4-3-5-9-16)23-21(18)17-10-6-7-11-20(17)25-23/h3-13H,1-2H3/i1D3,2D3. The van der Waals surface area contributed by atoms with Crippen LogP contribution in [-0.4, -0.2) is 4.98 Å². The first-order valence-corrected chi connectivity index (χ1v) is 8.00. The predicted molar refractivity (Wildman–Crippen MR) is 104 cm³/mol. The Balaban J connectivity index is 2.01. The minimum absolute atomic E-state index is 0.194. The van der Waals surface area contributed by atoms with Gasteiger partial charge in [0.2, 0.25) is 0 Å². The highest BCUT2D eigenvalue weighted by molar-refractivity contribution is 6.20. The van der Waals surface area contributed by atoms with E-state index in [0.29, 0.717) is 27.8 Å². The molecule has 5 aromatic rings. The van der Waals surface area contributed by atoms with Crippen LogP contribution in [0.2, 0.25) is 0 Å². The van der Waals surface area contributed by atoms with E-state index in [-0.39, 0.29) is 11.1 Å². The van der Waals surface area contributed by atoms with E-state index in [2.05, 4.69) is 0 Å². The van der Waals surface area contributed by atoms with E-state index in [0.717, 1.165) is 16.3 Å². The number of rotatable bonds is 1. The van der Waals surface area contributed by atoms with Gasteiger partial charge in [0.15, 0.2) is 5.58 Å². The normalized spacial score (nSPS) is 16.2. The minimum atomic E-state index is -2.58. The van der Waals surface area contributed by atoms with Crippen LogP contribution in [0.4, 0.5) is 0 Å². The van der Waals surface area contributed by atoms with Gasteiger partial charge in [-0.25, -0.2) is 4.98 Å². The molecular formula is C23H17NO. The number of hydrogen-bond donors (Lipinski definition) is 0. The highest BCUT2D eigenvalue weighted by atomic mass is 16.3. The van der Waals surface area contributed by atoms with Crippen molar-refractivity contribution in [1.82, 2.24) is 4.98 Å². The van der Waals surface area contributed by atoms with Gasteiger partial charge in [-0.05, 0) is 43.0 Å². The Hall–Kier alpha value is -3.13. The van der Waals surface area contributed by atoms with Crippen molar-refractivity contribution in [2.24, 2.45) is 0 Å². The lowest BCUT2D eigenvalue weighted by molar-refractivity contribution is 0.669. The Bertz CT molecular complexity index is 1450. The van der Waals surface area contributed by atoms with E-state index < -0.39 is 13.7 Å². The summed E-state index contributed by atoms with van der Waals surface area (Å²) < 4.78 is 53.6. The first-order chi connectivity index (χ1) is 14.6. The summed E-state index contributed by atoms with van der Waals surface area (Å²) in [5, 5.41) is 2.10. The summed E-state index contributed by atoms with van der Waals surface area (Å²) in [4.78, 5) is 4.74. The maximum atomic E-state index is 7.92. The number of nitrogens with zero attached hydrogens (tertiary/aromatic N) is 1. The van der Waals surface area contributed by atoms with Gasteiger partial charge >= 0.3 is 0 Å². The van der Waals surface area contributed by atoms with Crippen LogP contribution in [0.25, 0.3) is 44.1 Å². The Morgan fingerprint density at radius 2 is 1.60 bits per heavy atom. The van der Waals surface area contributed by atoms with Crippen LogP contribution in [-0.2, 0) is 0 Å². The van der Waals surface area contributed by atoms with Crippen molar-refractivity contribution in [2.45, 2.75) is 13.7 Å². The van der Waals surface area contributed by atoms with Crippen LogP contribution < -0.4 is 0 Å². The van der Waals surface area contributed by atoms with Gasteiger partial charge in [-0.3, -0.25) is 0 Å². The van der Waals surface area contributed by atoms with Gasteiger partial charge in [0.1, 0.15) is 11.3 Å². The van der Waals surface area contributed by atoms with Gasteiger partial charge in [-0.15, -0.1) is 0 Å². The molecule has 0 N–H and O–H groups in total. The van der Waals surface area contributed by atoms with E-state index in [1.165, 1.54) is 12.1 Å². The quantitative estimate of drug-likeness (QED) is 0.355. The van der Waals surface area contributed by atoms with E-state index in [4.69, 9.17) is 17.6 Å². The Morgan fingerprint density at radius 1 is 0.840 bits per heavy atom. The molecule has 2 aromatic heterocycles. The Morgan fingerprint density at radius 3 is 2.44 bits per heavy atom. The molecule has 0 aliphatic rings. The molecule has 120 valence electrons. The summed E-state index contributed by atoms with van der Waals surface area (Å²) in [6, 6.07) is 19.8. The second kappa shape index (κ2) is 5.18. The average molecular weight is 329 g/mol. The van der Waals surface area contributed by atoms with Gasteiger partial charge in [-0.2, -0.15) is 0 Å². The lowest BCUT2D eigenvalue weighted by atomic mass is 10.00. The molecule has 2 heterocycles. The van der Waals surface area contributed by atoms with Gasteiger partial charge in [0.05, 0.1) is 5.52 Å². The maximum absolute atomic E-state index is 7.92. The number of fused-ring (bicyclic) bond motifs is 5. The van der Waals surface area contributed by atoms with Crippen molar-refractivity contribution in [3.63, 3.8) is 0 Å². The predicted octanol–water partition coefficient (Wildman–Crippen LogP) is 6.42. The molecule has 5 rings (SSSR count). The van der Waals surface area contributed by atoms with E-state index >= 15 is 0 Å². The first-order valence-electron chi connectivity index (χ1n) is 11.0. The summed E-state index contributed by atoms with van der Waals surface area (Å²) in [6.45, 7) is -5.16. The summed E-state index contributed by atoms with van der Waals surface area (Å²) in [7, 11) is 0. The van der Waals surface area contributed by atoms with Crippen molar-refractivity contribution in [2.75, 3.05) is 0 Å². The molecule has 0 fully saturated rings. The van der Waals surface area contributed by atoms with Crippen molar-refractivity contribution in [3.8, 4) is 11.3 Å². The van der Waals surface area contributed by atoms with Crippen molar-refractivity contribution in [3.05, 3.63) is 77.9 Å². The number of aryl methyl sites for hydroxylation is 2. The van der Waals surface area contributed by atoms with E-state index in [9.17, 15) is 0 Å². The second-order valence-electron chi connectivity index (χ2n) is 6.04. The molecule has 0 spiro atoms. The summed E-state index contributed by atoms with van der Waals surface area (Å²) in [5.41, 5.74) is 2.61. The van der Waals surface area contributed by atoms with Crippen LogP contribution in [0.1, 0.15) is 19.4 Å². The fourth-order valence-corrected chi connectivity index (χ4v) is 3.32. The molecule has 0 saturated carbocycles. The van der Waals surface area contributed by atoms with E-state index in [1.807, 2.05) is 54.6 Å². The molecular weight excluding hydrogens is 306 g/mol. The van der Waals surface area contributed by atoms with Crippen LogP contribution in [0.5, 0.6) is 0 Å². The third-order valence-corrected chi connectivity index (χ3v) is 4.50. The van der Waals surface area contributed by atoms with E-state index in [1.54, 1.807) is 0 Å². The van der Waals surface area contributed by atoms with Crippen molar-refractivity contribution < 1.29 is 12.6 Å². The highest BCUT2D eigenvalue weighted by Crippen LogP contribution is 2.39. The Labute approximate surface area is 154 Å². The number of para-hydroxylation sites is 1. The zero-order valence-corrected chi connectivity index (χ0v) is 13.2. The third kappa shape index (κ3) is 2.07. The monoisotopic (exact) mass is 329 g/mol. The summed E-state index contributed by atoms with van der Waals surface area (Å²) >= 11 is 0. The molecule has 25 heavy (non-hydrogen) atoms. The molecule has 0 unspecified atom stereocenters. The lowest BCUT2D eigenvalue weighted by Gasteiger charge is -2.08. The number of furan rings is 1. The number of pyridine rings is 1. The Kier molecular flexibility index (Phi) is 1.94. The molecule has 2 heteroatoms. The molecule has 0 aliphatic carbocycles. The van der Waals surface area contributed by atoms with Gasteiger partial charge in [0.25, 0.3) is 0 Å². The largest absolute Gasteiger partial charge is 0.454 e. The highest BCUT2D eigenvalue weighted by Gasteiger charge is 2.17. The minimum Gasteiger partial charge on any atom is -0.454 e. The number of aromatic nitrogens is 1. The van der Waals surface area contributed by atoms with Gasteiger partial charge < -0.3 is 4.42 Å². The molecule has 3 aromatic carbocycles. The van der Waals surface area contributed by atoms with Gasteiger partial charge in [0, 0.05) is 29.9 Å². The lowest BCUT2D eigenvalue weighted by Crippen LogP contribution is -1.90. The van der Waals surface area contributed by atoms with Crippen LogP contribution in [0.15, 0.2) is 71.1 Å². The summed E-state index contributed by atoms with van der Waals surface area (Å²) in [6.07, 6.45) is 0. The molecule has 0 saturated heterocycles. The smallest absolute Gasteiger partial charge is 0.162 e. The maximum Gasteiger partial charge on any atom is 0.162 e. The molecule has 0 aliphatic heterocycles. The zero-order chi connectivity index (χ0) is 22.0. The number of hydrogen-bond acceptors (Lipinski definition) is 2. The molecule has 0 radical (unpaired) electrons. The fourth-order valence-electron chi connectivity index (χ4n) is 3.32. The molecule has 0 amide bonds. The van der Waals surface area contributed by atoms with Crippen molar-refractivity contribution in [1.29, 1.82) is 0 Å². The number of benzene rings is 3. The zero-order valence-electron chi connectivity index (χ0n) is 19.2. The third-order valence-electron chi connectivity index (χ3n) is 4.50. The average Bonchev–Trinajstić information content (AvgIpc) is 3.11.